The summed E-state index contributed by atoms with van der Waals surface area (Å²) in [5.41, 5.74) is 1.39. The highest BCUT2D eigenvalue weighted by Crippen LogP contribution is 2.25. The first-order valence-electron chi connectivity index (χ1n) is 9.30. The minimum Gasteiger partial charge on any atom is -0.450 e. The maximum Gasteiger partial charge on any atom is 0.409 e. The van der Waals surface area contributed by atoms with Crippen LogP contribution in [0.4, 0.5) is 4.79 Å². The molecule has 5 heteroatoms. The van der Waals surface area contributed by atoms with Crippen LogP contribution in [0.3, 0.4) is 0 Å². The topological polar surface area (TPSA) is 45.1 Å². The fourth-order valence-electron chi connectivity index (χ4n) is 4.07. The Morgan fingerprint density at radius 3 is 2.43 bits per heavy atom. The van der Waals surface area contributed by atoms with Gasteiger partial charge < -0.3 is 14.5 Å². The van der Waals surface area contributed by atoms with Crippen molar-refractivity contribution in [3.63, 3.8) is 0 Å². The molecule has 2 aliphatic rings. The average Bonchev–Trinajstić information content (AvgIpc) is 2.83. The molecule has 1 unspecified atom stereocenters. The van der Waals surface area contributed by atoms with Crippen LogP contribution in [0.5, 0.6) is 0 Å². The van der Waals surface area contributed by atoms with Crippen LogP contribution in [-0.2, 0) is 4.74 Å². The zero-order chi connectivity index (χ0) is 16.7. The lowest BCUT2D eigenvalue weighted by Gasteiger charge is -2.37. The van der Waals surface area contributed by atoms with E-state index in [0.29, 0.717) is 18.6 Å². The Morgan fingerprint density at radius 2 is 1.83 bits per heavy atom. The van der Waals surface area contributed by atoms with Crippen LogP contribution in [0, 0.1) is 5.92 Å². The SMILES string of the molecule is CCOC(=O)N1CCCC(N2CCC(C(CC)=NC)CC2)CC1. The number of nitrogens with zero attached hydrogens (tertiary/aromatic N) is 3. The van der Waals surface area contributed by atoms with Crippen LogP contribution in [0.2, 0.25) is 0 Å². The maximum absolute atomic E-state index is 11.9. The van der Waals surface area contributed by atoms with Gasteiger partial charge in [0.05, 0.1) is 6.61 Å². The molecule has 0 aromatic carbocycles. The third kappa shape index (κ3) is 4.93. The van der Waals surface area contributed by atoms with Crippen LogP contribution in [0.1, 0.15) is 52.4 Å². The predicted molar refractivity (Wildman–Crippen MR) is 94.2 cm³/mol. The van der Waals surface area contributed by atoms with E-state index in [9.17, 15) is 4.79 Å². The molecule has 5 nitrogen and oxygen atoms in total. The molecular weight excluding hydrogens is 290 g/mol. The highest BCUT2D eigenvalue weighted by Gasteiger charge is 2.29. The van der Waals surface area contributed by atoms with Gasteiger partial charge in [0.2, 0.25) is 0 Å². The standard InChI is InChI=1S/C18H33N3O2/c1-4-17(19-3)15-8-12-20(13-9-15)16-7-6-11-21(14-10-16)18(22)23-5-2/h15-16H,4-14H2,1-3H3. The van der Waals surface area contributed by atoms with E-state index in [2.05, 4.69) is 16.8 Å². The Hall–Kier alpha value is -1.10. The van der Waals surface area contributed by atoms with Crippen LogP contribution < -0.4 is 0 Å². The summed E-state index contributed by atoms with van der Waals surface area (Å²) >= 11 is 0. The fourth-order valence-corrected chi connectivity index (χ4v) is 4.07. The zero-order valence-electron chi connectivity index (χ0n) is 15.1. The van der Waals surface area contributed by atoms with E-state index in [1.54, 1.807) is 0 Å². The first kappa shape index (κ1) is 18.2. The Morgan fingerprint density at radius 1 is 1.09 bits per heavy atom. The van der Waals surface area contributed by atoms with Gasteiger partial charge in [-0.2, -0.15) is 0 Å². The van der Waals surface area contributed by atoms with E-state index in [-0.39, 0.29) is 6.09 Å². The van der Waals surface area contributed by atoms with Crippen molar-refractivity contribution in [3.8, 4) is 0 Å². The van der Waals surface area contributed by atoms with E-state index in [1.807, 2.05) is 18.9 Å². The molecular formula is C18H33N3O2. The first-order chi connectivity index (χ1) is 11.2. The third-order valence-corrected chi connectivity index (χ3v) is 5.39. The van der Waals surface area contributed by atoms with Crippen molar-refractivity contribution in [1.29, 1.82) is 0 Å². The van der Waals surface area contributed by atoms with Gasteiger partial charge in [-0.1, -0.05) is 6.92 Å². The predicted octanol–water partition coefficient (Wildman–Crippen LogP) is 3.19. The molecule has 0 spiro atoms. The summed E-state index contributed by atoms with van der Waals surface area (Å²) in [5, 5.41) is 0. The Bertz CT molecular complexity index is 403. The molecule has 23 heavy (non-hydrogen) atoms. The zero-order valence-corrected chi connectivity index (χ0v) is 15.1. The molecule has 0 aromatic rings. The second-order valence-electron chi connectivity index (χ2n) is 6.65. The fraction of sp³-hybridized carbons (Fsp3) is 0.889. The van der Waals surface area contributed by atoms with E-state index in [0.717, 1.165) is 32.4 Å². The molecule has 0 radical (unpaired) electrons. The summed E-state index contributed by atoms with van der Waals surface area (Å²) in [6.07, 6.45) is 6.77. The van der Waals surface area contributed by atoms with Crippen LogP contribution in [0.25, 0.3) is 0 Å². The number of likely N-dealkylation sites (tertiary alicyclic amines) is 2. The number of carbonyl (C=O) groups is 1. The minimum absolute atomic E-state index is 0.140. The maximum atomic E-state index is 11.9. The van der Waals surface area contributed by atoms with Crippen molar-refractivity contribution in [2.75, 3.05) is 39.8 Å². The highest BCUT2D eigenvalue weighted by molar-refractivity contribution is 5.86. The number of piperidine rings is 1. The average molecular weight is 323 g/mol. The summed E-state index contributed by atoms with van der Waals surface area (Å²) in [7, 11) is 1.93. The first-order valence-corrected chi connectivity index (χ1v) is 9.30. The molecule has 0 saturated carbocycles. The Labute approximate surface area is 141 Å². The molecule has 2 rings (SSSR count). The third-order valence-electron chi connectivity index (χ3n) is 5.39. The minimum atomic E-state index is -0.140. The Kier molecular flexibility index (Phi) is 7.34. The van der Waals surface area contributed by atoms with Crippen molar-refractivity contribution in [3.05, 3.63) is 0 Å². The van der Waals surface area contributed by atoms with Gasteiger partial charge in [0, 0.05) is 31.9 Å². The van der Waals surface area contributed by atoms with Crippen molar-refractivity contribution in [1.82, 2.24) is 9.80 Å². The number of hydrogen-bond donors (Lipinski definition) is 0. The van der Waals surface area contributed by atoms with E-state index < -0.39 is 0 Å². The monoisotopic (exact) mass is 323 g/mol. The second kappa shape index (κ2) is 9.26. The molecule has 1 atom stereocenters. The lowest BCUT2D eigenvalue weighted by molar-refractivity contribution is 0.105. The molecule has 2 aliphatic heterocycles. The summed E-state index contributed by atoms with van der Waals surface area (Å²) in [5.74, 6) is 0.683. The van der Waals surface area contributed by atoms with Crippen molar-refractivity contribution in [2.24, 2.45) is 10.9 Å². The van der Waals surface area contributed by atoms with Gasteiger partial charge in [0.25, 0.3) is 0 Å². The number of ether oxygens (including phenoxy) is 1. The number of carbonyl (C=O) groups excluding carboxylic acids is 1. The molecule has 0 aliphatic carbocycles. The van der Waals surface area contributed by atoms with Gasteiger partial charge in [-0.3, -0.25) is 4.99 Å². The summed E-state index contributed by atoms with van der Waals surface area (Å²) in [6.45, 7) is 8.57. The molecule has 2 saturated heterocycles. The summed E-state index contributed by atoms with van der Waals surface area (Å²) in [4.78, 5) is 20.9. The Balaban J connectivity index is 1.81. The molecule has 0 bridgehead atoms. The molecule has 2 heterocycles. The molecule has 132 valence electrons. The van der Waals surface area contributed by atoms with Gasteiger partial charge >= 0.3 is 6.09 Å². The van der Waals surface area contributed by atoms with Gasteiger partial charge in [-0.25, -0.2) is 4.79 Å². The lowest BCUT2D eigenvalue weighted by Crippen LogP contribution is -2.43. The van der Waals surface area contributed by atoms with Gasteiger partial charge in [0.1, 0.15) is 0 Å². The van der Waals surface area contributed by atoms with Gasteiger partial charge in [-0.05, 0) is 64.5 Å². The van der Waals surface area contributed by atoms with E-state index >= 15 is 0 Å². The summed E-state index contributed by atoms with van der Waals surface area (Å²) < 4.78 is 5.14. The smallest absolute Gasteiger partial charge is 0.409 e. The lowest BCUT2D eigenvalue weighted by atomic mass is 9.89. The van der Waals surface area contributed by atoms with E-state index in [4.69, 9.17) is 4.74 Å². The highest BCUT2D eigenvalue weighted by atomic mass is 16.6. The normalized spacial score (nSPS) is 25.3. The van der Waals surface area contributed by atoms with Crippen molar-refractivity contribution in [2.45, 2.75) is 58.4 Å². The van der Waals surface area contributed by atoms with Gasteiger partial charge in [-0.15, -0.1) is 0 Å². The summed E-state index contributed by atoms with van der Waals surface area (Å²) in [6, 6.07) is 0.624. The number of hydrogen-bond acceptors (Lipinski definition) is 4. The van der Waals surface area contributed by atoms with Crippen LogP contribution in [-0.4, -0.2) is 67.5 Å². The van der Waals surface area contributed by atoms with Crippen LogP contribution >= 0.6 is 0 Å². The molecule has 0 N–H and O–H groups in total. The number of rotatable bonds is 4. The molecule has 1 amide bonds. The van der Waals surface area contributed by atoms with Gasteiger partial charge in [0.15, 0.2) is 0 Å². The van der Waals surface area contributed by atoms with E-state index in [1.165, 1.54) is 38.1 Å². The van der Waals surface area contributed by atoms with Crippen molar-refractivity contribution < 1.29 is 9.53 Å². The number of aliphatic imine (C=N–C) groups is 1. The largest absolute Gasteiger partial charge is 0.450 e. The van der Waals surface area contributed by atoms with Crippen LogP contribution in [0.15, 0.2) is 4.99 Å². The van der Waals surface area contributed by atoms with Crippen molar-refractivity contribution >= 4 is 11.8 Å². The quantitative estimate of drug-likeness (QED) is 0.746. The second-order valence-corrected chi connectivity index (χ2v) is 6.65. The number of amides is 1. The molecule has 2 fully saturated rings. The molecule has 0 aromatic heterocycles.